The van der Waals surface area contributed by atoms with Gasteiger partial charge in [0.05, 0.1) is 6.10 Å². The summed E-state index contributed by atoms with van der Waals surface area (Å²) in [6.07, 6.45) is 2.30. The summed E-state index contributed by atoms with van der Waals surface area (Å²) >= 11 is 0. The molecule has 1 aliphatic carbocycles. The minimum Gasteiger partial charge on any atom is -0.377 e. The van der Waals surface area contributed by atoms with Crippen LogP contribution >= 0.6 is 0 Å². The largest absolute Gasteiger partial charge is 0.377 e. The summed E-state index contributed by atoms with van der Waals surface area (Å²) in [7, 11) is 1.54. The molecule has 1 N–H and O–H groups in total. The van der Waals surface area contributed by atoms with Crippen molar-refractivity contribution in [2.45, 2.75) is 31.9 Å². The second-order valence-electron chi connectivity index (χ2n) is 5.54. The lowest BCUT2D eigenvalue weighted by molar-refractivity contribution is -0.0545. The summed E-state index contributed by atoms with van der Waals surface area (Å²) in [4.78, 5) is 23.5. The maximum absolute atomic E-state index is 12.2. The maximum Gasteiger partial charge on any atom is 0.271 e. The molecule has 1 saturated heterocycles. The number of nitrogens with one attached hydrogen (secondary N) is 1. The van der Waals surface area contributed by atoms with Crippen LogP contribution in [0.5, 0.6) is 0 Å². The molecule has 1 saturated carbocycles. The smallest absolute Gasteiger partial charge is 0.271 e. The third-order valence-corrected chi connectivity index (χ3v) is 4.49. The molecule has 4 atom stereocenters. The Balaban J connectivity index is 1.72. The van der Waals surface area contributed by atoms with E-state index in [1.165, 1.54) is 23.9 Å². The van der Waals surface area contributed by atoms with Crippen molar-refractivity contribution in [2.75, 3.05) is 6.61 Å². The lowest BCUT2D eigenvalue weighted by atomic mass is 9.65. The SMILES string of the molecule is CC[C@@H]1[C@@H](NC(=O)c2ccc(=O)n(C)n2)[C@@H]2CCO[C@H]12. The van der Waals surface area contributed by atoms with E-state index in [4.69, 9.17) is 4.74 Å². The Labute approximate surface area is 117 Å². The van der Waals surface area contributed by atoms with Crippen molar-refractivity contribution in [1.82, 2.24) is 15.1 Å². The zero-order chi connectivity index (χ0) is 14.3. The van der Waals surface area contributed by atoms with Gasteiger partial charge in [-0.25, -0.2) is 4.68 Å². The highest BCUT2D eigenvalue weighted by atomic mass is 16.5. The van der Waals surface area contributed by atoms with Crippen molar-refractivity contribution in [3.8, 4) is 0 Å². The van der Waals surface area contributed by atoms with Crippen LogP contribution in [0.25, 0.3) is 0 Å². The second kappa shape index (κ2) is 5.01. The number of carbonyl (C=O) groups excluding carboxylic acids is 1. The zero-order valence-corrected chi connectivity index (χ0v) is 11.7. The minimum absolute atomic E-state index is 0.166. The van der Waals surface area contributed by atoms with E-state index in [1.807, 2.05) is 0 Å². The Morgan fingerprint density at radius 2 is 2.35 bits per heavy atom. The molecule has 6 heteroatoms. The number of hydrogen-bond donors (Lipinski definition) is 1. The van der Waals surface area contributed by atoms with Gasteiger partial charge in [0.15, 0.2) is 0 Å². The van der Waals surface area contributed by atoms with Crippen molar-refractivity contribution >= 4 is 5.91 Å². The summed E-state index contributed by atoms with van der Waals surface area (Å²) in [6, 6.07) is 3.00. The molecule has 0 unspecified atom stereocenters. The third-order valence-electron chi connectivity index (χ3n) is 4.49. The number of nitrogens with zero attached hydrogens (tertiary/aromatic N) is 2. The number of fused-ring (bicyclic) bond motifs is 1. The number of aryl methyl sites for hydroxylation is 1. The van der Waals surface area contributed by atoms with Crippen LogP contribution in [-0.2, 0) is 11.8 Å². The van der Waals surface area contributed by atoms with Gasteiger partial charge in [-0.3, -0.25) is 9.59 Å². The van der Waals surface area contributed by atoms with Gasteiger partial charge in [0.1, 0.15) is 5.69 Å². The summed E-state index contributed by atoms with van der Waals surface area (Å²) < 4.78 is 6.87. The molecule has 108 valence electrons. The highest BCUT2D eigenvalue weighted by Gasteiger charge is 2.53. The van der Waals surface area contributed by atoms with E-state index < -0.39 is 0 Å². The fourth-order valence-electron chi connectivity index (χ4n) is 3.38. The minimum atomic E-state index is -0.221. The summed E-state index contributed by atoms with van der Waals surface area (Å²) in [5.41, 5.74) is 0.0604. The molecule has 2 heterocycles. The molecule has 0 spiro atoms. The van der Waals surface area contributed by atoms with Crippen molar-refractivity contribution in [3.63, 3.8) is 0 Å². The number of amides is 1. The van der Waals surface area contributed by atoms with E-state index in [2.05, 4.69) is 17.3 Å². The highest BCUT2D eigenvalue weighted by molar-refractivity contribution is 5.92. The normalized spacial score (nSPS) is 31.5. The van der Waals surface area contributed by atoms with Crippen LogP contribution in [0.3, 0.4) is 0 Å². The molecule has 6 nitrogen and oxygen atoms in total. The predicted molar refractivity (Wildman–Crippen MR) is 72.4 cm³/mol. The van der Waals surface area contributed by atoms with Gasteiger partial charge in [-0.15, -0.1) is 0 Å². The van der Waals surface area contributed by atoms with Crippen LogP contribution in [0, 0.1) is 11.8 Å². The van der Waals surface area contributed by atoms with Crippen molar-refractivity contribution in [1.29, 1.82) is 0 Å². The number of carbonyl (C=O) groups is 1. The number of aromatic nitrogens is 2. The van der Waals surface area contributed by atoms with Gasteiger partial charge in [-0.05, 0) is 18.9 Å². The standard InChI is InChI=1S/C14H19N3O3/c1-3-8-12(9-6-7-20-13(8)9)15-14(19)10-4-5-11(18)17(2)16-10/h4-5,8-9,12-13H,3,6-7H2,1-2H3,(H,15,19)/t8-,9+,12-,13-/m1/s1. The van der Waals surface area contributed by atoms with Crippen molar-refractivity contribution in [3.05, 3.63) is 28.2 Å². The molecular formula is C14H19N3O3. The molecule has 2 aliphatic rings. The molecule has 1 aromatic heterocycles. The zero-order valence-electron chi connectivity index (χ0n) is 11.7. The molecule has 0 radical (unpaired) electrons. The van der Waals surface area contributed by atoms with E-state index in [9.17, 15) is 9.59 Å². The van der Waals surface area contributed by atoms with E-state index in [0.29, 0.717) is 17.9 Å². The first-order chi connectivity index (χ1) is 9.61. The summed E-state index contributed by atoms with van der Waals surface area (Å²) in [5, 5.41) is 7.04. The fraction of sp³-hybridized carbons (Fsp3) is 0.643. The summed E-state index contributed by atoms with van der Waals surface area (Å²) in [6.45, 7) is 2.91. The first-order valence-electron chi connectivity index (χ1n) is 7.08. The van der Waals surface area contributed by atoms with Crippen LogP contribution < -0.4 is 10.9 Å². The molecule has 0 bridgehead atoms. The lowest BCUT2D eigenvalue weighted by Crippen LogP contribution is -2.61. The first kappa shape index (κ1) is 13.3. The Morgan fingerprint density at radius 3 is 3.05 bits per heavy atom. The molecular weight excluding hydrogens is 258 g/mol. The number of ether oxygens (including phenoxy) is 1. The Hall–Kier alpha value is -1.69. The van der Waals surface area contributed by atoms with E-state index in [-0.39, 0.29) is 23.2 Å². The van der Waals surface area contributed by atoms with Crippen LogP contribution in [0.1, 0.15) is 30.3 Å². The topological polar surface area (TPSA) is 73.2 Å². The van der Waals surface area contributed by atoms with Gasteiger partial charge < -0.3 is 10.1 Å². The van der Waals surface area contributed by atoms with Gasteiger partial charge in [-0.1, -0.05) is 6.92 Å². The molecule has 1 aromatic rings. The highest BCUT2D eigenvalue weighted by Crippen LogP contribution is 2.45. The molecule has 2 fully saturated rings. The lowest BCUT2D eigenvalue weighted by Gasteiger charge is -2.47. The van der Waals surface area contributed by atoms with Gasteiger partial charge in [-0.2, -0.15) is 5.10 Å². The molecule has 0 aromatic carbocycles. The van der Waals surface area contributed by atoms with Crippen LogP contribution in [0.4, 0.5) is 0 Å². The molecule has 20 heavy (non-hydrogen) atoms. The first-order valence-corrected chi connectivity index (χ1v) is 7.08. The quantitative estimate of drug-likeness (QED) is 0.863. The monoisotopic (exact) mass is 277 g/mol. The third kappa shape index (κ3) is 2.04. The van der Waals surface area contributed by atoms with Crippen LogP contribution in [0.2, 0.25) is 0 Å². The van der Waals surface area contributed by atoms with Gasteiger partial charge in [0.25, 0.3) is 11.5 Å². The Bertz CT molecular complexity index is 583. The Kier molecular flexibility index (Phi) is 3.33. The molecule has 1 amide bonds. The van der Waals surface area contributed by atoms with E-state index in [1.54, 1.807) is 0 Å². The van der Waals surface area contributed by atoms with Crippen molar-refractivity contribution in [2.24, 2.45) is 18.9 Å². The Morgan fingerprint density at radius 1 is 1.55 bits per heavy atom. The molecule has 1 aliphatic heterocycles. The van der Waals surface area contributed by atoms with Gasteiger partial charge in [0, 0.05) is 37.6 Å². The van der Waals surface area contributed by atoms with E-state index in [0.717, 1.165) is 19.4 Å². The average Bonchev–Trinajstić information content (AvgIpc) is 2.84. The molecule has 3 rings (SSSR count). The van der Waals surface area contributed by atoms with Crippen LogP contribution in [0.15, 0.2) is 16.9 Å². The second-order valence-corrected chi connectivity index (χ2v) is 5.54. The average molecular weight is 277 g/mol. The van der Waals surface area contributed by atoms with Crippen molar-refractivity contribution < 1.29 is 9.53 Å². The summed E-state index contributed by atoms with van der Waals surface area (Å²) in [5.74, 6) is 0.602. The predicted octanol–water partition coefficient (Wildman–Crippen LogP) is 0.324. The number of hydrogen-bond acceptors (Lipinski definition) is 4. The van der Waals surface area contributed by atoms with Gasteiger partial charge >= 0.3 is 0 Å². The van der Waals surface area contributed by atoms with Gasteiger partial charge in [0.2, 0.25) is 0 Å². The van der Waals surface area contributed by atoms with E-state index >= 15 is 0 Å². The fourth-order valence-corrected chi connectivity index (χ4v) is 3.38. The van der Waals surface area contributed by atoms with Crippen LogP contribution in [-0.4, -0.2) is 34.4 Å². The number of rotatable bonds is 3. The maximum atomic E-state index is 12.2.